The highest BCUT2D eigenvalue weighted by Crippen LogP contribution is 2.42. The van der Waals surface area contributed by atoms with Crippen molar-refractivity contribution in [2.45, 2.75) is 18.8 Å². The summed E-state index contributed by atoms with van der Waals surface area (Å²) in [7, 11) is 0. The Balaban J connectivity index is 2.21. The Morgan fingerprint density at radius 3 is 2.62 bits per heavy atom. The lowest BCUT2D eigenvalue weighted by atomic mass is 9.70. The Bertz CT molecular complexity index is 296. The van der Waals surface area contributed by atoms with Gasteiger partial charge >= 0.3 is 0 Å². The summed E-state index contributed by atoms with van der Waals surface area (Å²) in [6, 6.07) is 6.86. The molecule has 0 heterocycles. The summed E-state index contributed by atoms with van der Waals surface area (Å²) in [5.41, 5.74) is 0.771. The van der Waals surface area contributed by atoms with E-state index in [0.29, 0.717) is 0 Å². The predicted octanol–water partition coefficient (Wildman–Crippen LogP) is 2.31. The molecular formula is C11H13FO. The van der Waals surface area contributed by atoms with Crippen LogP contribution >= 0.6 is 0 Å². The lowest BCUT2D eigenvalue weighted by Gasteiger charge is -2.35. The van der Waals surface area contributed by atoms with Gasteiger partial charge in [-0.15, -0.1) is 0 Å². The van der Waals surface area contributed by atoms with Gasteiger partial charge in [-0.1, -0.05) is 18.2 Å². The lowest BCUT2D eigenvalue weighted by molar-refractivity contribution is 0.133. The molecule has 2 rings (SSSR count). The number of hydrogen-bond acceptors (Lipinski definition) is 1. The molecule has 0 radical (unpaired) electrons. The number of rotatable bonds is 2. The van der Waals surface area contributed by atoms with Gasteiger partial charge in [0, 0.05) is 6.61 Å². The smallest absolute Gasteiger partial charge is 0.126 e. The number of benzene rings is 1. The molecule has 1 N–H and O–H groups in total. The van der Waals surface area contributed by atoms with Gasteiger partial charge < -0.3 is 5.11 Å². The van der Waals surface area contributed by atoms with Crippen LogP contribution in [0.1, 0.15) is 24.3 Å². The van der Waals surface area contributed by atoms with E-state index < -0.39 is 0 Å². The highest BCUT2D eigenvalue weighted by atomic mass is 19.1. The first-order chi connectivity index (χ1) is 6.33. The van der Waals surface area contributed by atoms with Crippen molar-refractivity contribution in [3.63, 3.8) is 0 Å². The molecule has 0 aliphatic heterocycles. The van der Waals surface area contributed by atoms with Crippen molar-refractivity contribution in [3.05, 3.63) is 35.6 Å². The first-order valence-corrected chi connectivity index (χ1v) is 4.68. The summed E-state index contributed by atoms with van der Waals surface area (Å²) in [5.74, 6) is 0.383. The fourth-order valence-electron chi connectivity index (χ4n) is 1.97. The zero-order valence-electron chi connectivity index (χ0n) is 7.41. The molecule has 1 aliphatic rings. The molecular weight excluding hydrogens is 167 g/mol. The molecule has 2 heteroatoms. The van der Waals surface area contributed by atoms with E-state index in [-0.39, 0.29) is 24.3 Å². The summed E-state index contributed by atoms with van der Waals surface area (Å²) < 4.78 is 13.3. The van der Waals surface area contributed by atoms with Gasteiger partial charge in [-0.2, -0.15) is 0 Å². The largest absolute Gasteiger partial charge is 0.396 e. The van der Waals surface area contributed by atoms with Crippen molar-refractivity contribution in [2.75, 3.05) is 6.61 Å². The summed E-state index contributed by atoms with van der Waals surface area (Å²) in [5, 5.41) is 8.99. The Kier molecular flexibility index (Phi) is 2.32. The standard InChI is InChI=1S/C11H13FO/c12-11-4-2-1-3-10(11)9-6-5-8(9)7-13/h1-4,8-9,13H,5-7H2. The average molecular weight is 180 g/mol. The van der Waals surface area contributed by atoms with E-state index in [1.807, 2.05) is 12.1 Å². The molecule has 1 saturated carbocycles. The van der Waals surface area contributed by atoms with Gasteiger partial charge in [0.25, 0.3) is 0 Å². The van der Waals surface area contributed by atoms with Crippen LogP contribution in [0.25, 0.3) is 0 Å². The molecule has 2 atom stereocenters. The molecule has 0 aromatic heterocycles. The predicted molar refractivity (Wildman–Crippen MR) is 49.0 cm³/mol. The Morgan fingerprint density at radius 2 is 2.08 bits per heavy atom. The third-order valence-corrected chi connectivity index (χ3v) is 2.96. The SMILES string of the molecule is OCC1CCC1c1ccccc1F. The van der Waals surface area contributed by atoms with E-state index in [2.05, 4.69) is 0 Å². The van der Waals surface area contributed by atoms with Crippen molar-refractivity contribution in [3.8, 4) is 0 Å². The van der Waals surface area contributed by atoms with Crippen LogP contribution in [0.15, 0.2) is 24.3 Å². The maximum absolute atomic E-state index is 13.3. The Labute approximate surface area is 77.2 Å². The molecule has 0 spiro atoms. The van der Waals surface area contributed by atoms with Gasteiger partial charge in [0.2, 0.25) is 0 Å². The van der Waals surface area contributed by atoms with E-state index >= 15 is 0 Å². The van der Waals surface area contributed by atoms with Gasteiger partial charge in [0.1, 0.15) is 5.82 Å². The van der Waals surface area contributed by atoms with Gasteiger partial charge in [-0.3, -0.25) is 0 Å². The molecule has 70 valence electrons. The van der Waals surface area contributed by atoms with E-state index in [1.165, 1.54) is 6.07 Å². The summed E-state index contributed by atoms with van der Waals surface area (Å²) in [6.45, 7) is 0.180. The van der Waals surface area contributed by atoms with E-state index in [1.54, 1.807) is 6.07 Å². The zero-order chi connectivity index (χ0) is 9.26. The second-order valence-corrected chi connectivity index (χ2v) is 3.65. The van der Waals surface area contributed by atoms with E-state index in [4.69, 9.17) is 5.11 Å². The summed E-state index contributed by atoms with van der Waals surface area (Å²) in [6.07, 6.45) is 2.03. The van der Waals surface area contributed by atoms with Gasteiger partial charge in [0.05, 0.1) is 0 Å². The van der Waals surface area contributed by atoms with Crippen LogP contribution in [0.2, 0.25) is 0 Å². The van der Waals surface area contributed by atoms with Crippen molar-refractivity contribution in [1.82, 2.24) is 0 Å². The fourth-order valence-corrected chi connectivity index (χ4v) is 1.97. The van der Waals surface area contributed by atoms with Gasteiger partial charge in [-0.25, -0.2) is 4.39 Å². The minimum Gasteiger partial charge on any atom is -0.396 e. The maximum atomic E-state index is 13.3. The monoisotopic (exact) mass is 180 g/mol. The second-order valence-electron chi connectivity index (χ2n) is 3.65. The molecule has 2 unspecified atom stereocenters. The summed E-state index contributed by atoms with van der Waals surface area (Å²) in [4.78, 5) is 0. The quantitative estimate of drug-likeness (QED) is 0.740. The number of halogens is 1. The van der Waals surface area contributed by atoms with E-state index in [0.717, 1.165) is 18.4 Å². The normalized spacial score (nSPS) is 26.9. The zero-order valence-corrected chi connectivity index (χ0v) is 7.41. The van der Waals surface area contributed by atoms with Crippen LogP contribution < -0.4 is 0 Å². The van der Waals surface area contributed by atoms with Gasteiger partial charge in [-0.05, 0) is 36.3 Å². The van der Waals surface area contributed by atoms with Crippen LogP contribution in [0.5, 0.6) is 0 Å². The Morgan fingerprint density at radius 1 is 1.31 bits per heavy atom. The molecule has 0 bridgehead atoms. The molecule has 1 aliphatic carbocycles. The molecule has 1 aromatic carbocycles. The fraction of sp³-hybridized carbons (Fsp3) is 0.455. The summed E-state index contributed by atoms with van der Waals surface area (Å²) >= 11 is 0. The average Bonchev–Trinajstić information content (AvgIpc) is 2.08. The van der Waals surface area contributed by atoms with Crippen molar-refractivity contribution in [2.24, 2.45) is 5.92 Å². The first kappa shape index (κ1) is 8.70. The Hall–Kier alpha value is -0.890. The first-order valence-electron chi connectivity index (χ1n) is 4.68. The molecule has 13 heavy (non-hydrogen) atoms. The van der Waals surface area contributed by atoms with Crippen molar-refractivity contribution < 1.29 is 9.50 Å². The maximum Gasteiger partial charge on any atom is 0.126 e. The third-order valence-electron chi connectivity index (χ3n) is 2.96. The van der Waals surface area contributed by atoms with Crippen LogP contribution in [0, 0.1) is 11.7 Å². The van der Waals surface area contributed by atoms with Crippen molar-refractivity contribution in [1.29, 1.82) is 0 Å². The lowest BCUT2D eigenvalue weighted by Crippen LogP contribution is -2.27. The minimum atomic E-state index is -0.134. The van der Waals surface area contributed by atoms with E-state index in [9.17, 15) is 4.39 Å². The van der Waals surface area contributed by atoms with Crippen LogP contribution in [0.3, 0.4) is 0 Å². The second kappa shape index (κ2) is 3.46. The molecule has 1 fully saturated rings. The van der Waals surface area contributed by atoms with Crippen LogP contribution in [-0.4, -0.2) is 11.7 Å². The highest BCUT2D eigenvalue weighted by molar-refractivity contribution is 5.24. The van der Waals surface area contributed by atoms with Crippen molar-refractivity contribution >= 4 is 0 Å². The molecule has 0 saturated heterocycles. The minimum absolute atomic E-state index is 0.134. The molecule has 0 amide bonds. The third kappa shape index (κ3) is 1.46. The number of aliphatic hydroxyl groups excluding tert-OH is 1. The van der Waals surface area contributed by atoms with Gasteiger partial charge in [0.15, 0.2) is 0 Å². The topological polar surface area (TPSA) is 20.2 Å². The molecule has 1 aromatic rings. The van der Waals surface area contributed by atoms with Crippen LogP contribution in [-0.2, 0) is 0 Å². The number of hydrogen-bond donors (Lipinski definition) is 1. The highest BCUT2D eigenvalue weighted by Gasteiger charge is 2.32. The molecule has 1 nitrogen and oxygen atoms in total. The van der Waals surface area contributed by atoms with Crippen LogP contribution in [0.4, 0.5) is 4.39 Å². The number of aliphatic hydroxyl groups is 1.